The third kappa shape index (κ3) is 5.08. The molecule has 0 aromatic heterocycles. The minimum absolute atomic E-state index is 0.0205. The minimum atomic E-state index is -0.844. The molecule has 0 spiro atoms. The third-order valence-electron chi connectivity index (χ3n) is 7.06. The molecule has 34 heavy (non-hydrogen) atoms. The van der Waals surface area contributed by atoms with Crippen LogP contribution in [0.25, 0.3) is 11.1 Å². The Morgan fingerprint density at radius 2 is 1.68 bits per heavy atom. The molecule has 180 valence electrons. The fourth-order valence-electron chi connectivity index (χ4n) is 5.09. The molecule has 7 heteroatoms. The lowest BCUT2D eigenvalue weighted by molar-refractivity contribution is -0.142. The second kappa shape index (κ2) is 10.3. The molecule has 1 heterocycles. The average Bonchev–Trinajstić information content (AvgIpc) is 3.36. The van der Waals surface area contributed by atoms with Crippen molar-refractivity contribution >= 4 is 18.0 Å². The number of aliphatic carboxylic acids is 1. The molecule has 7 nitrogen and oxygen atoms in total. The van der Waals surface area contributed by atoms with Crippen LogP contribution in [-0.2, 0) is 14.3 Å². The van der Waals surface area contributed by atoms with Gasteiger partial charge in [-0.3, -0.25) is 9.59 Å². The number of amides is 2. The van der Waals surface area contributed by atoms with E-state index in [1.807, 2.05) is 38.1 Å². The summed E-state index contributed by atoms with van der Waals surface area (Å²) in [6, 6.07) is 16.4. The first-order valence-corrected chi connectivity index (χ1v) is 11.9. The first-order valence-electron chi connectivity index (χ1n) is 11.9. The number of likely N-dealkylation sites (tertiary alicyclic amines) is 1. The van der Waals surface area contributed by atoms with Crippen LogP contribution >= 0.6 is 0 Å². The van der Waals surface area contributed by atoms with E-state index in [9.17, 15) is 19.5 Å². The predicted molar refractivity (Wildman–Crippen MR) is 128 cm³/mol. The molecule has 0 bridgehead atoms. The van der Waals surface area contributed by atoms with E-state index in [0.717, 1.165) is 0 Å². The molecular weight excluding hydrogens is 432 g/mol. The van der Waals surface area contributed by atoms with E-state index < -0.39 is 18.0 Å². The standard InChI is InChI=1S/C27H32N2O5/c1-17(13-25(30)29-14-18(2)23(15-29)26(31)32)11-12-28-27(33)34-16-24-21-9-5-3-7-19(21)20-8-4-6-10-22(20)24/h3-10,17-18,23-24H,11-16H2,1-2H3,(H,28,33)(H,31,32)/t17?,18-,23-/m0/s1. The summed E-state index contributed by atoms with van der Waals surface area (Å²) < 4.78 is 5.55. The van der Waals surface area contributed by atoms with Gasteiger partial charge >= 0.3 is 12.1 Å². The van der Waals surface area contributed by atoms with Crippen molar-refractivity contribution in [3.05, 3.63) is 59.7 Å². The smallest absolute Gasteiger partial charge is 0.407 e. The quantitative estimate of drug-likeness (QED) is 0.613. The van der Waals surface area contributed by atoms with Crippen molar-refractivity contribution in [3.8, 4) is 11.1 Å². The van der Waals surface area contributed by atoms with E-state index >= 15 is 0 Å². The van der Waals surface area contributed by atoms with Gasteiger partial charge in [-0.15, -0.1) is 0 Å². The van der Waals surface area contributed by atoms with Crippen molar-refractivity contribution in [2.24, 2.45) is 17.8 Å². The Morgan fingerprint density at radius 3 is 2.26 bits per heavy atom. The van der Waals surface area contributed by atoms with Crippen molar-refractivity contribution < 1.29 is 24.2 Å². The van der Waals surface area contributed by atoms with E-state index in [2.05, 4.69) is 29.6 Å². The van der Waals surface area contributed by atoms with Gasteiger partial charge in [0.05, 0.1) is 5.92 Å². The third-order valence-corrected chi connectivity index (χ3v) is 7.06. The monoisotopic (exact) mass is 464 g/mol. The van der Waals surface area contributed by atoms with Crippen LogP contribution in [0, 0.1) is 17.8 Å². The lowest BCUT2D eigenvalue weighted by Crippen LogP contribution is -2.32. The number of fused-ring (bicyclic) bond motifs is 3. The van der Waals surface area contributed by atoms with Crippen molar-refractivity contribution in [3.63, 3.8) is 0 Å². The first-order chi connectivity index (χ1) is 16.3. The van der Waals surface area contributed by atoms with E-state index in [4.69, 9.17) is 4.74 Å². The summed E-state index contributed by atoms with van der Waals surface area (Å²) in [6.07, 6.45) is 0.519. The van der Waals surface area contributed by atoms with Crippen LogP contribution in [0.15, 0.2) is 48.5 Å². The Hall–Kier alpha value is -3.35. The molecular formula is C27H32N2O5. The van der Waals surface area contributed by atoms with Gasteiger partial charge in [-0.1, -0.05) is 62.4 Å². The Morgan fingerprint density at radius 1 is 1.06 bits per heavy atom. The second-order valence-corrected chi connectivity index (χ2v) is 9.57. The lowest BCUT2D eigenvalue weighted by Gasteiger charge is -2.19. The fraction of sp³-hybridized carbons (Fsp3) is 0.444. The topological polar surface area (TPSA) is 95.9 Å². The highest BCUT2D eigenvalue weighted by atomic mass is 16.5. The SMILES string of the molecule is CC(CCNC(=O)OCC1c2ccccc2-c2ccccc21)CC(=O)N1C[C@H](C(=O)O)[C@@H](C)C1. The zero-order valence-corrected chi connectivity index (χ0v) is 19.7. The zero-order valence-electron chi connectivity index (χ0n) is 19.7. The number of carboxylic acid groups (broad SMARTS) is 1. The number of alkyl carbamates (subject to hydrolysis) is 1. The Kier molecular flexibility index (Phi) is 7.20. The Labute approximate surface area is 200 Å². The summed E-state index contributed by atoms with van der Waals surface area (Å²) in [4.78, 5) is 37.8. The highest BCUT2D eigenvalue weighted by Gasteiger charge is 2.37. The summed E-state index contributed by atoms with van der Waals surface area (Å²) in [5, 5.41) is 12.0. The molecule has 1 saturated heterocycles. The van der Waals surface area contributed by atoms with Crippen molar-refractivity contribution in [2.45, 2.75) is 32.6 Å². The van der Waals surface area contributed by atoms with Gasteiger partial charge in [0.15, 0.2) is 0 Å². The summed E-state index contributed by atoms with van der Waals surface area (Å²) >= 11 is 0. The number of benzene rings is 2. The minimum Gasteiger partial charge on any atom is -0.481 e. The Balaban J connectivity index is 1.20. The van der Waals surface area contributed by atoms with Crippen LogP contribution in [0.4, 0.5) is 4.79 Å². The van der Waals surface area contributed by atoms with E-state index in [1.165, 1.54) is 22.3 Å². The number of carboxylic acids is 1. The maximum atomic E-state index is 12.5. The van der Waals surface area contributed by atoms with E-state index in [0.29, 0.717) is 25.9 Å². The van der Waals surface area contributed by atoms with Crippen molar-refractivity contribution in [1.29, 1.82) is 0 Å². The predicted octanol–water partition coefficient (Wildman–Crippen LogP) is 4.12. The number of rotatable bonds is 8. The van der Waals surface area contributed by atoms with Gasteiger partial charge in [0.25, 0.3) is 0 Å². The van der Waals surface area contributed by atoms with Crippen molar-refractivity contribution in [1.82, 2.24) is 10.2 Å². The molecule has 2 amide bonds. The van der Waals surface area contributed by atoms with Gasteiger partial charge in [0.1, 0.15) is 6.61 Å². The van der Waals surface area contributed by atoms with Gasteiger partial charge in [-0.2, -0.15) is 0 Å². The zero-order chi connectivity index (χ0) is 24.2. The summed E-state index contributed by atoms with van der Waals surface area (Å²) in [7, 11) is 0. The average molecular weight is 465 g/mol. The fourth-order valence-corrected chi connectivity index (χ4v) is 5.09. The number of nitrogens with one attached hydrogen (secondary N) is 1. The molecule has 1 fully saturated rings. The van der Waals surface area contributed by atoms with Crippen molar-refractivity contribution in [2.75, 3.05) is 26.2 Å². The molecule has 1 aliphatic heterocycles. The normalized spacial score (nSPS) is 19.9. The molecule has 2 aromatic carbocycles. The molecule has 3 atom stereocenters. The van der Waals surface area contributed by atoms with Crippen LogP contribution in [0.1, 0.15) is 43.7 Å². The van der Waals surface area contributed by atoms with Gasteiger partial charge in [-0.25, -0.2) is 4.79 Å². The second-order valence-electron chi connectivity index (χ2n) is 9.57. The summed E-state index contributed by atoms with van der Waals surface area (Å²) in [6.45, 7) is 5.28. The van der Waals surface area contributed by atoms with Crippen LogP contribution < -0.4 is 5.32 Å². The Bertz CT molecular complexity index is 1020. The molecule has 2 aliphatic rings. The molecule has 2 aromatic rings. The number of ether oxygens (including phenoxy) is 1. The number of hydrogen-bond donors (Lipinski definition) is 2. The van der Waals surface area contributed by atoms with Crippen LogP contribution in [0.2, 0.25) is 0 Å². The number of nitrogens with zero attached hydrogens (tertiary/aromatic N) is 1. The molecule has 2 N–H and O–H groups in total. The number of carbonyl (C=O) groups is 3. The highest BCUT2D eigenvalue weighted by Crippen LogP contribution is 2.44. The molecule has 0 saturated carbocycles. The van der Waals surface area contributed by atoms with Crippen LogP contribution in [0.3, 0.4) is 0 Å². The molecule has 1 unspecified atom stereocenters. The van der Waals surface area contributed by atoms with E-state index in [-0.39, 0.29) is 36.8 Å². The number of carbonyl (C=O) groups excluding carboxylic acids is 2. The molecule has 1 aliphatic carbocycles. The van der Waals surface area contributed by atoms with Crippen LogP contribution in [0.5, 0.6) is 0 Å². The van der Waals surface area contributed by atoms with Gasteiger partial charge < -0.3 is 20.1 Å². The largest absolute Gasteiger partial charge is 0.481 e. The lowest BCUT2D eigenvalue weighted by atomic mass is 9.98. The number of hydrogen-bond acceptors (Lipinski definition) is 4. The van der Waals surface area contributed by atoms with Crippen LogP contribution in [-0.4, -0.2) is 54.2 Å². The summed E-state index contributed by atoms with van der Waals surface area (Å²) in [5.41, 5.74) is 4.72. The maximum Gasteiger partial charge on any atom is 0.407 e. The first kappa shape index (κ1) is 23.8. The van der Waals surface area contributed by atoms with E-state index in [1.54, 1.807) is 4.90 Å². The maximum absolute atomic E-state index is 12.5. The van der Waals surface area contributed by atoms with Gasteiger partial charge in [0, 0.05) is 32.0 Å². The molecule has 4 rings (SSSR count). The van der Waals surface area contributed by atoms with Gasteiger partial charge in [-0.05, 0) is 40.5 Å². The highest BCUT2D eigenvalue weighted by molar-refractivity contribution is 5.80. The van der Waals surface area contributed by atoms with Gasteiger partial charge in [0.2, 0.25) is 5.91 Å². The molecule has 0 radical (unpaired) electrons. The summed E-state index contributed by atoms with van der Waals surface area (Å²) in [5.74, 6) is -1.30.